The molecule has 0 radical (unpaired) electrons. The van der Waals surface area contributed by atoms with Gasteiger partial charge in [-0.3, -0.25) is 0 Å². The van der Waals surface area contributed by atoms with E-state index in [9.17, 15) is 0 Å². The van der Waals surface area contributed by atoms with E-state index in [0.29, 0.717) is 0 Å². The highest BCUT2D eigenvalue weighted by Gasteiger charge is 2.14. The van der Waals surface area contributed by atoms with Gasteiger partial charge in [0.05, 0.1) is 13.2 Å². The quantitative estimate of drug-likeness (QED) is 0.772. The van der Waals surface area contributed by atoms with Crippen molar-refractivity contribution >= 4 is 0 Å². The van der Waals surface area contributed by atoms with E-state index >= 15 is 0 Å². The molecule has 0 saturated carbocycles. The van der Waals surface area contributed by atoms with Gasteiger partial charge in [-0.25, -0.2) is 0 Å². The molecule has 1 aromatic rings. The van der Waals surface area contributed by atoms with Gasteiger partial charge in [-0.05, 0) is 32.9 Å². The average Bonchev–Trinajstić information content (AvgIpc) is 2.39. The van der Waals surface area contributed by atoms with E-state index < -0.39 is 0 Å². The summed E-state index contributed by atoms with van der Waals surface area (Å²) in [7, 11) is 1.68. The SMILES string of the molecule is CCCC(C)Oc1cc(OC)ccc1C(C)NCC. The van der Waals surface area contributed by atoms with Crippen LogP contribution in [0.25, 0.3) is 0 Å². The first-order chi connectivity index (χ1) is 9.12. The van der Waals surface area contributed by atoms with Crippen LogP contribution in [0.15, 0.2) is 18.2 Å². The van der Waals surface area contributed by atoms with E-state index in [-0.39, 0.29) is 12.1 Å². The highest BCUT2D eigenvalue weighted by molar-refractivity contribution is 5.42. The summed E-state index contributed by atoms with van der Waals surface area (Å²) >= 11 is 0. The van der Waals surface area contributed by atoms with Crippen molar-refractivity contribution in [1.29, 1.82) is 0 Å². The van der Waals surface area contributed by atoms with Crippen LogP contribution in [0, 0.1) is 0 Å². The summed E-state index contributed by atoms with van der Waals surface area (Å²) in [6, 6.07) is 6.33. The zero-order valence-corrected chi connectivity index (χ0v) is 12.8. The van der Waals surface area contributed by atoms with E-state index in [1.807, 2.05) is 12.1 Å². The predicted octanol–water partition coefficient (Wildman–Crippen LogP) is 3.93. The molecule has 108 valence electrons. The molecule has 0 aliphatic carbocycles. The molecule has 1 rings (SSSR count). The van der Waals surface area contributed by atoms with Crippen molar-refractivity contribution in [2.24, 2.45) is 0 Å². The molecule has 0 spiro atoms. The molecule has 3 nitrogen and oxygen atoms in total. The zero-order chi connectivity index (χ0) is 14.3. The molecule has 0 amide bonds. The molecule has 0 aliphatic rings. The lowest BCUT2D eigenvalue weighted by molar-refractivity contribution is 0.205. The minimum Gasteiger partial charge on any atom is -0.497 e. The Balaban J connectivity index is 2.95. The molecule has 0 aliphatic heterocycles. The van der Waals surface area contributed by atoms with Crippen LogP contribution < -0.4 is 14.8 Å². The lowest BCUT2D eigenvalue weighted by Crippen LogP contribution is -2.20. The first-order valence-electron chi connectivity index (χ1n) is 7.20. The lowest BCUT2D eigenvalue weighted by Gasteiger charge is -2.21. The number of hydrogen-bond donors (Lipinski definition) is 1. The topological polar surface area (TPSA) is 30.5 Å². The summed E-state index contributed by atoms with van der Waals surface area (Å²) in [4.78, 5) is 0. The predicted molar refractivity (Wildman–Crippen MR) is 80.1 cm³/mol. The number of rotatable bonds is 8. The van der Waals surface area contributed by atoms with Crippen molar-refractivity contribution in [3.63, 3.8) is 0 Å². The molecule has 0 saturated heterocycles. The molecule has 1 aromatic carbocycles. The number of benzene rings is 1. The fraction of sp³-hybridized carbons (Fsp3) is 0.625. The van der Waals surface area contributed by atoms with Crippen LogP contribution in [0.2, 0.25) is 0 Å². The molecule has 19 heavy (non-hydrogen) atoms. The van der Waals surface area contributed by atoms with Crippen LogP contribution >= 0.6 is 0 Å². The summed E-state index contributed by atoms with van der Waals surface area (Å²) in [5.41, 5.74) is 1.19. The van der Waals surface area contributed by atoms with Gasteiger partial charge in [0.25, 0.3) is 0 Å². The molecule has 2 unspecified atom stereocenters. The van der Waals surface area contributed by atoms with Crippen LogP contribution in [-0.4, -0.2) is 19.8 Å². The Morgan fingerprint density at radius 1 is 1.21 bits per heavy atom. The second-order valence-corrected chi connectivity index (χ2v) is 4.90. The maximum atomic E-state index is 6.08. The molecule has 0 aromatic heterocycles. The molecule has 1 N–H and O–H groups in total. The van der Waals surface area contributed by atoms with Gasteiger partial charge in [0.1, 0.15) is 11.5 Å². The standard InChI is InChI=1S/C16H27NO2/c1-6-8-12(3)19-16-11-14(18-5)9-10-15(16)13(4)17-7-2/h9-13,17H,6-8H2,1-5H3. The molecule has 0 bridgehead atoms. The fourth-order valence-electron chi connectivity index (χ4n) is 2.20. The fourth-order valence-corrected chi connectivity index (χ4v) is 2.20. The first kappa shape index (κ1) is 15.8. The molecular formula is C16H27NO2. The Kier molecular flexibility index (Phi) is 6.71. The van der Waals surface area contributed by atoms with Gasteiger partial charge >= 0.3 is 0 Å². The third-order valence-electron chi connectivity index (χ3n) is 3.22. The van der Waals surface area contributed by atoms with Gasteiger partial charge in [0.15, 0.2) is 0 Å². The summed E-state index contributed by atoms with van der Waals surface area (Å²) < 4.78 is 11.4. The summed E-state index contributed by atoms with van der Waals surface area (Å²) in [5.74, 6) is 1.76. The van der Waals surface area contributed by atoms with Gasteiger partial charge in [-0.2, -0.15) is 0 Å². The maximum absolute atomic E-state index is 6.08. The Labute approximate surface area is 117 Å². The molecular weight excluding hydrogens is 238 g/mol. The largest absolute Gasteiger partial charge is 0.497 e. The Morgan fingerprint density at radius 3 is 2.53 bits per heavy atom. The number of methoxy groups -OCH3 is 1. The monoisotopic (exact) mass is 265 g/mol. The molecule has 2 atom stereocenters. The van der Waals surface area contributed by atoms with Gasteiger partial charge in [0.2, 0.25) is 0 Å². The van der Waals surface area contributed by atoms with Crippen LogP contribution in [0.4, 0.5) is 0 Å². The first-order valence-corrected chi connectivity index (χ1v) is 7.20. The van der Waals surface area contributed by atoms with Crippen LogP contribution in [0.1, 0.15) is 52.1 Å². The summed E-state index contributed by atoms with van der Waals surface area (Å²) in [6.45, 7) is 9.50. The Bertz CT molecular complexity index is 379. The smallest absolute Gasteiger partial charge is 0.128 e. The summed E-state index contributed by atoms with van der Waals surface area (Å²) in [5, 5.41) is 3.42. The van der Waals surface area contributed by atoms with Crippen molar-refractivity contribution < 1.29 is 9.47 Å². The summed E-state index contributed by atoms with van der Waals surface area (Å²) in [6.07, 6.45) is 2.42. The third kappa shape index (κ3) is 4.75. The second-order valence-electron chi connectivity index (χ2n) is 4.90. The van der Waals surface area contributed by atoms with Crippen molar-refractivity contribution in [2.45, 2.75) is 52.7 Å². The second kappa shape index (κ2) is 8.05. The highest BCUT2D eigenvalue weighted by Crippen LogP contribution is 2.30. The van der Waals surface area contributed by atoms with Gasteiger partial charge < -0.3 is 14.8 Å². The minimum atomic E-state index is 0.227. The number of hydrogen-bond acceptors (Lipinski definition) is 3. The van der Waals surface area contributed by atoms with E-state index in [1.165, 1.54) is 5.56 Å². The van der Waals surface area contributed by atoms with Crippen molar-refractivity contribution in [1.82, 2.24) is 5.32 Å². The van der Waals surface area contributed by atoms with Crippen LogP contribution in [-0.2, 0) is 0 Å². The maximum Gasteiger partial charge on any atom is 0.128 e. The molecule has 0 fully saturated rings. The zero-order valence-electron chi connectivity index (χ0n) is 12.8. The van der Waals surface area contributed by atoms with E-state index in [4.69, 9.17) is 9.47 Å². The minimum absolute atomic E-state index is 0.227. The van der Waals surface area contributed by atoms with Crippen molar-refractivity contribution in [3.8, 4) is 11.5 Å². The van der Waals surface area contributed by atoms with E-state index in [2.05, 4.69) is 39.1 Å². The highest BCUT2D eigenvalue weighted by atomic mass is 16.5. The molecule has 0 heterocycles. The van der Waals surface area contributed by atoms with Gasteiger partial charge in [0, 0.05) is 17.7 Å². The van der Waals surface area contributed by atoms with Crippen LogP contribution in [0.3, 0.4) is 0 Å². The van der Waals surface area contributed by atoms with Crippen molar-refractivity contribution in [2.75, 3.05) is 13.7 Å². The number of ether oxygens (including phenoxy) is 2. The van der Waals surface area contributed by atoms with Gasteiger partial charge in [-0.1, -0.05) is 26.3 Å². The Hall–Kier alpha value is -1.22. The normalized spacial score (nSPS) is 13.9. The Morgan fingerprint density at radius 2 is 1.95 bits per heavy atom. The lowest BCUT2D eigenvalue weighted by atomic mass is 10.1. The number of nitrogens with one attached hydrogen (secondary N) is 1. The van der Waals surface area contributed by atoms with Crippen molar-refractivity contribution in [3.05, 3.63) is 23.8 Å². The van der Waals surface area contributed by atoms with E-state index in [1.54, 1.807) is 7.11 Å². The van der Waals surface area contributed by atoms with E-state index in [0.717, 1.165) is 30.9 Å². The molecule has 3 heteroatoms. The third-order valence-corrected chi connectivity index (χ3v) is 3.22. The van der Waals surface area contributed by atoms with Crippen LogP contribution in [0.5, 0.6) is 11.5 Å². The average molecular weight is 265 g/mol. The van der Waals surface area contributed by atoms with Gasteiger partial charge in [-0.15, -0.1) is 0 Å².